The number of aromatic nitrogens is 1. The molecule has 64 heavy (non-hydrogen) atoms. The largest absolute Gasteiger partial charge is 0.310 e. The average Bonchev–Trinajstić information content (AvgIpc) is 4.08. The number of benzene rings is 8. The zero-order chi connectivity index (χ0) is 42.2. The molecule has 0 aliphatic heterocycles. The Morgan fingerprint density at radius 1 is 0.469 bits per heavy atom. The Morgan fingerprint density at radius 3 is 1.84 bits per heavy atom. The summed E-state index contributed by atoms with van der Waals surface area (Å²) >= 11 is 0. The van der Waals surface area contributed by atoms with Crippen molar-refractivity contribution in [3.8, 4) is 5.69 Å². The highest BCUT2D eigenvalue weighted by molar-refractivity contribution is 6.10. The molecule has 13 rings (SSSR count). The Morgan fingerprint density at radius 2 is 1.09 bits per heavy atom. The number of anilines is 3. The molecule has 8 aromatic carbocycles. The van der Waals surface area contributed by atoms with Gasteiger partial charge in [0.1, 0.15) is 0 Å². The van der Waals surface area contributed by atoms with Crippen molar-refractivity contribution in [1.29, 1.82) is 0 Å². The van der Waals surface area contributed by atoms with Crippen LogP contribution in [-0.4, -0.2) is 4.57 Å². The van der Waals surface area contributed by atoms with Crippen LogP contribution in [0.5, 0.6) is 0 Å². The number of nitrogens with zero attached hydrogens (tertiary/aromatic N) is 2. The lowest BCUT2D eigenvalue weighted by atomic mass is 9.66. The van der Waals surface area contributed by atoms with Crippen LogP contribution in [0.2, 0.25) is 0 Å². The van der Waals surface area contributed by atoms with Gasteiger partial charge in [0.15, 0.2) is 0 Å². The van der Waals surface area contributed by atoms with E-state index >= 15 is 0 Å². The van der Waals surface area contributed by atoms with Gasteiger partial charge in [-0.2, -0.15) is 0 Å². The molecule has 4 unspecified atom stereocenters. The van der Waals surface area contributed by atoms with E-state index in [1.807, 2.05) is 0 Å². The molecule has 2 saturated carbocycles. The Bertz CT molecular complexity index is 3150. The first-order chi connectivity index (χ1) is 31.8. The van der Waals surface area contributed by atoms with Gasteiger partial charge in [-0.05, 0) is 149 Å². The molecule has 0 N–H and O–H groups in total. The molecule has 4 aliphatic carbocycles. The highest BCUT2D eigenvalue weighted by Gasteiger charge is 2.62. The number of para-hydroxylation sites is 3. The molecule has 0 amide bonds. The highest BCUT2D eigenvalue weighted by atomic mass is 15.1. The molecule has 2 fully saturated rings. The zero-order valence-corrected chi connectivity index (χ0v) is 36.5. The molecule has 1 aromatic heterocycles. The van der Waals surface area contributed by atoms with Crippen molar-refractivity contribution in [3.63, 3.8) is 0 Å². The van der Waals surface area contributed by atoms with E-state index in [0.717, 1.165) is 12.8 Å². The monoisotopic (exact) mass is 826 g/mol. The van der Waals surface area contributed by atoms with Crippen LogP contribution < -0.4 is 4.90 Å². The van der Waals surface area contributed by atoms with E-state index in [1.54, 1.807) is 16.7 Å². The first-order valence-electron chi connectivity index (χ1n) is 24.1. The Labute approximate surface area is 377 Å². The second kappa shape index (κ2) is 15.3. The fourth-order valence-corrected chi connectivity index (χ4v) is 13.7. The lowest BCUT2D eigenvalue weighted by molar-refractivity contribution is 0.347. The summed E-state index contributed by atoms with van der Waals surface area (Å²) in [5.41, 5.74) is 19.4. The summed E-state index contributed by atoms with van der Waals surface area (Å²) in [6.07, 6.45) is 11.6. The SMILES string of the molecule is c1ccc(C(c2ccc(C3CCCCC3)cc2)c2cccc3c2C24c5c(cccc5N(c5ccccc5)c5ccc6c7ccccc7n(-c7ccccc7)c6c5)CC2CCC4C3)cc1. The van der Waals surface area contributed by atoms with Crippen molar-refractivity contribution in [3.05, 3.63) is 239 Å². The van der Waals surface area contributed by atoms with E-state index < -0.39 is 0 Å². The Balaban J connectivity index is 1.02. The molecule has 4 aliphatic rings. The van der Waals surface area contributed by atoms with Crippen LogP contribution in [0.15, 0.2) is 194 Å². The fraction of sp³-hybridized carbons (Fsp3) is 0.226. The van der Waals surface area contributed by atoms with Gasteiger partial charge >= 0.3 is 0 Å². The van der Waals surface area contributed by atoms with Gasteiger partial charge in [0.25, 0.3) is 0 Å². The molecule has 2 nitrogen and oxygen atoms in total. The van der Waals surface area contributed by atoms with Crippen molar-refractivity contribution in [2.45, 2.75) is 75.0 Å². The molecule has 1 spiro atoms. The maximum atomic E-state index is 2.61. The van der Waals surface area contributed by atoms with E-state index in [0.29, 0.717) is 17.8 Å². The van der Waals surface area contributed by atoms with E-state index in [2.05, 4.69) is 204 Å². The zero-order valence-electron chi connectivity index (χ0n) is 36.5. The van der Waals surface area contributed by atoms with Crippen LogP contribution in [0.3, 0.4) is 0 Å². The minimum atomic E-state index is -0.0804. The van der Waals surface area contributed by atoms with Gasteiger partial charge < -0.3 is 9.47 Å². The second-order valence-electron chi connectivity index (χ2n) is 19.3. The van der Waals surface area contributed by atoms with Gasteiger partial charge in [0.2, 0.25) is 0 Å². The van der Waals surface area contributed by atoms with E-state index in [-0.39, 0.29) is 11.3 Å². The normalized spacial score (nSPS) is 20.5. The van der Waals surface area contributed by atoms with Gasteiger partial charge in [-0.15, -0.1) is 0 Å². The molecule has 0 saturated heterocycles. The Hall–Kier alpha value is -6.64. The molecule has 0 bridgehead atoms. The molecule has 2 heteroatoms. The van der Waals surface area contributed by atoms with Gasteiger partial charge in [0.05, 0.1) is 16.7 Å². The van der Waals surface area contributed by atoms with Crippen LogP contribution in [0.4, 0.5) is 17.1 Å². The maximum absolute atomic E-state index is 2.61. The lowest BCUT2D eigenvalue weighted by Crippen LogP contribution is -2.34. The van der Waals surface area contributed by atoms with Crippen LogP contribution in [0.25, 0.3) is 27.5 Å². The van der Waals surface area contributed by atoms with E-state index in [4.69, 9.17) is 0 Å². The predicted octanol–water partition coefficient (Wildman–Crippen LogP) is 15.9. The van der Waals surface area contributed by atoms with Gasteiger partial charge in [0, 0.05) is 39.2 Å². The number of rotatable bonds is 8. The van der Waals surface area contributed by atoms with Crippen LogP contribution in [0, 0.1) is 11.8 Å². The van der Waals surface area contributed by atoms with E-state index in [9.17, 15) is 0 Å². The molecule has 4 atom stereocenters. The molecular weight excluding hydrogens is 773 g/mol. The topological polar surface area (TPSA) is 8.17 Å². The molecule has 9 aromatic rings. The van der Waals surface area contributed by atoms with Gasteiger partial charge in [-0.3, -0.25) is 0 Å². The van der Waals surface area contributed by atoms with Gasteiger partial charge in [-0.1, -0.05) is 165 Å². The number of hydrogen-bond donors (Lipinski definition) is 0. The van der Waals surface area contributed by atoms with Crippen molar-refractivity contribution >= 4 is 38.9 Å². The third kappa shape index (κ3) is 5.77. The predicted molar refractivity (Wildman–Crippen MR) is 266 cm³/mol. The molecule has 0 radical (unpaired) electrons. The summed E-state index contributed by atoms with van der Waals surface area (Å²) < 4.78 is 2.46. The number of hydrogen-bond acceptors (Lipinski definition) is 1. The smallest absolute Gasteiger partial charge is 0.0561 e. The van der Waals surface area contributed by atoms with Crippen LogP contribution in [-0.2, 0) is 18.3 Å². The first kappa shape index (κ1) is 37.9. The highest BCUT2D eigenvalue weighted by Crippen LogP contribution is 2.68. The second-order valence-corrected chi connectivity index (χ2v) is 19.3. The van der Waals surface area contributed by atoms with Gasteiger partial charge in [-0.25, -0.2) is 0 Å². The third-order valence-electron chi connectivity index (χ3n) is 16.2. The number of fused-ring (bicyclic) bond motifs is 5. The van der Waals surface area contributed by atoms with Crippen molar-refractivity contribution in [2.75, 3.05) is 4.90 Å². The first-order valence-corrected chi connectivity index (χ1v) is 24.1. The molecular formula is C62H54N2. The fourth-order valence-electron chi connectivity index (χ4n) is 13.7. The van der Waals surface area contributed by atoms with Crippen molar-refractivity contribution < 1.29 is 0 Å². The summed E-state index contributed by atoms with van der Waals surface area (Å²) in [5, 5.41) is 2.55. The van der Waals surface area contributed by atoms with Crippen molar-refractivity contribution in [1.82, 2.24) is 4.57 Å². The minimum Gasteiger partial charge on any atom is -0.310 e. The standard InChI is InChI=1S/C62H54N2/c1-5-17-42(18-6-1)43-31-33-45(34-32-43)59(44-19-7-2-8-20-44)55-28-15-21-46-39-48-35-36-49-40-47-22-16-30-57(61(47)62(48,49)60(46)55)63(50-23-9-3-10-24-50)52-37-38-54-53-27-13-14-29-56(53)64(58(54)41-52)51-25-11-4-12-26-51/h2-4,7-16,19-34,37-38,41-42,48-49,59H,1,5-6,17-18,35-36,39-40H2. The minimum absolute atomic E-state index is 0.0804. The van der Waals surface area contributed by atoms with Crippen LogP contribution >= 0.6 is 0 Å². The third-order valence-corrected chi connectivity index (χ3v) is 16.2. The molecule has 312 valence electrons. The summed E-state index contributed by atoms with van der Waals surface area (Å²) in [7, 11) is 0. The maximum Gasteiger partial charge on any atom is 0.0561 e. The van der Waals surface area contributed by atoms with Crippen LogP contribution in [0.1, 0.15) is 101 Å². The van der Waals surface area contributed by atoms with Crippen molar-refractivity contribution in [2.24, 2.45) is 11.8 Å². The summed E-state index contributed by atoms with van der Waals surface area (Å²) in [5.74, 6) is 1.96. The summed E-state index contributed by atoms with van der Waals surface area (Å²) in [6.45, 7) is 0. The summed E-state index contributed by atoms with van der Waals surface area (Å²) in [4.78, 5) is 2.61. The average molecular weight is 827 g/mol. The molecule has 1 heterocycles. The Kier molecular flexibility index (Phi) is 9.04. The lowest BCUT2D eigenvalue weighted by Gasteiger charge is -2.39. The summed E-state index contributed by atoms with van der Waals surface area (Å²) in [6, 6.07) is 74.2. The van der Waals surface area contributed by atoms with E-state index in [1.165, 1.54) is 117 Å². The quantitative estimate of drug-likeness (QED) is 0.139.